The Bertz CT molecular complexity index is 824. The third kappa shape index (κ3) is 2.50. The van der Waals surface area contributed by atoms with Crippen LogP contribution in [0.25, 0.3) is 10.9 Å². The Morgan fingerprint density at radius 3 is 2.67 bits per heavy atom. The third-order valence-electron chi connectivity index (χ3n) is 3.52. The smallest absolute Gasteiger partial charge is 0.194 e. The van der Waals surface area contributed by atoms with Gasteiger partial charge in [-0.25, -0.2) is 0 Å². The van der Waals surface area contributed by atoms with Crippen molar-refractivity contribution in [3.63, 3.8) is 0 Å². The van der Waals surface area contributed by atoms with Gasteiger partial charge in [-0.2, -0.15) is 0 Å². The highest BCUT2D eigenvalue weighted by molar-refractivity contribution is 6.10. The molecular formula is C18H15NO2. The van der Waals surface area contributed by atoms with Gasteiger partial charge < -0.3 is 4.74 Å². The molecule has 3 aromatic rings. The van der Waals surface area contributed by atoms with Crippen LogP contribution in [0.1, 0.15) is 21.5 Å². The first kappa shape index (κ1) is 13.3. The Labute approximate surface area is 123 Å². The molecule has 0 N–H and O–H groups in total. The van der Waals surface area contributed by atoms with Crippen LogP contribution in [0.4, 0.5) is 0 Å². The lowest BCUT2D eigenvalue weighted by molar-refractivity contribution is 0.103. The number of carbonyl (C=O) groups excluding carboxylic acids is 1. The van der Waals surface area contributed by atoms with Crippen LogP contribution in [0.15, 0.2) is 54.7 Å². The van der Waals surface area contributed by atoms with Gasteiger partial charge >= 0.3 is 0 Å². The standard InChI is InChI=1S/C18H15NO2/c1-12-7-8-14(10-17(12)21-2)18(20)15-9-13-5-3-4-6-16(13)19-11-15/h3-11H,1-2H3. The average molecular weight is 277 g/mol. The van der Waals surface area contributed by atoms with E-state index in [9.17, 15) is 4.79 Å². The summed E-state index contributed by atoms with van der Waals surface area (Å²) in [5.41, 5.74) is 3.08. The molecule has 0 aliphatic heterocycles. The minimum absolute atomic E-state index is 0.0495. The normalized spacial score (nSPS) is 10.6. The van der Waals surface area contributed by atoms with Crippen LogP contribution in [0.3, 0.4) is 0 Å². The first-order valence-electron chi connectivity index (χ1n) is 6.73. The van der Waals surface area contributed by atoms with Gasteiger partial charge in [0.2, 0.25) is 0 Å². The van der Waals surface area contributed by atoms with E-state index in [2.05, 4.69) is 4.98 Å². The highest BCUT2D eigenvalue weighted by Crippen LogP contribution is 2.22. The quantitative estimate of drug-likeness (QED) is 0.684. The van der Waals surface area contributed by atoms with E-state index in [0.29, 0.717) is 11.1 Å². The van der Waals surface area contributed by atoms with Gasteiger partial charge in [0.05, 0.1) is 12.6 Å². The summed E-state index contributed by atoms with van der Waals surface area (Å²) >= 11 is 0. The molecule has 1 aromatic heterocycles. The SMILES string of the molecule is COc1cc(C(=O)c2cnc3ccccc3c2)ccc1C. The van der Waals surface area contributed by atoms with Crippen LogP contribution in [-0.2, 0) is 0 Å². The maximum Gasteiger partial charge on any atom is 0.194 e. The van der Waals surface area contributed by atoms with Gasteiger partial charge in [-0.15, -0.1) is 0 Å². The molecule has 1 heterocycles. The molecule has 0 fully saturated rings. The van der Waals surface area contributed by atoms with E-state index in [-0.39, 0.29) is 5.78 Å². The summed E-state index contributed by atoms with van der Waals surface area (Å²) in [5.74, 6) is 0.668. The molecule has 0 saturated carbocycles. The molecule has 0 bridgehead atoms. The second kappa shape index (κ2) is 5.37. The van der Waals surface area contributed by atoms with Crippen molar-refractivity contribution in [2.45, 2.75) is 6.92 Å². The van der Waals surface area contributed by atoms with Gasteiger partial charge in [-0.3, -0.25) is 9.78 Å². The van der Waals surface area contributed by atoms with E-state index >= 15 is 0 Å². The molecule has 0 spiro atoms. The van der Waals surface area contributed by atoms with Crippen molar-refractivity contribution in [3.05, 3.63) is 71.4 Å². The second-order valence-electron chi connectivity index (χ2n) is 4.93. The zero-order valence-corrected chi connectivity index (χ0v) is 12.0. The molecule has 0 aliphatic rings. The van der Waals surface area contributed by atoms with E-state index in [1.807, 2.05) is 49.4 Å². The summed E-state index contributed by atoms with van der Waals surface area (Å²) < 4.78 is 5.27. The summed E-state index contributed by atoms with van der Waals surface area (Å²) in [5, 5.41) is 0.961. The number of hydrogen-bond donors (Lipinski definition) is 0. The predicted octanol–water partition coefficient (Wildman–Crippen LogP) is 3.78. The van der Waals surface area contributed by atoms with Crippen LogP contribution in [0.2, 0.25) is 0 Å². The fourth-order valence-corrected chi connectivity index (χ4v) is 2.32. The molecule has 0 amide bonds. The molecule has 3 rings (SSSR count). The lowest BCUT2D eigenvalue weighted by Crippen LogP contribution is -2.03. The number of carbonyl (C=O) groups is 1. The van der Waals surface area contributed by atoms with Crippen molar-refractivity contribution >= 4 is 16.7 Å². The summed E-state index contributed by atoms with van der Waals surface area (Å²) in [6.45, 7) is 1.95. The Hall–Kier alpha value is -2.68. The number of benzene rings is 2. The van der Waals surface area contributed by atoms with Crippen LogP contribution in [0.5, 0.6) is 5.75 Å². The first-order chi connectivity index (χ1) is 10.2. The molecule has 21 heavy (non-hydrogen) atoms. The van der Waals surface area contributed by atoms with Crippen molar-refractivity contribution < 1.29 is 9.53 Å². The summed E-state index contributed by atoms with van der Waals surface area (Å²) in [6.07, 6.45) is 1.62. The largest absolute Gasteiger partial charge is 0.496 e. The van der Waals surface area contributed by atoms with Gasteiger partial charge in [0.15, 0.2) is 5.78 Å². The first-order valence-corrected chi connectivity index (χ1v) is 6.73. The molecule has 0 radical (unpaired) electrons. The second-order valence-corrected chi connectivity index (χ2v) is 4.93. The summed E-state index contributed by atoms with van der Waals surface area (Å²) in [6, 6.07) is 15.1. The maximum atomic E-state index is 12.6. The number of fused-ring (bicyclic) bond motifs is 1. The zero-order valence-electron chi connectivity index (χ0n) is 12.0. The lowest BCUT2D eigenvalue weighted by Gasteiger charge is -2.07. The molecule has 0 aliphatic carbocycles. The Kier molecular flexibility index (Phi) is 3.40. The van der Waals surface area contributed by atoms with E-state index in [0.717, 1.165) is 22.2 Å². The van der Waals surface area contributed by atoms with Gasteiger partial charge in [-0.1, -0.05) is 30.3 Å². The molecule has 3 nitrogen and oxygen atoms in total. The van der Waals surface area contributed by atoms with Crippen LogP contribution >= 0.6 is 0 Å². The fraction of sp³-hybridized carbons (Fsp3) is 0.111. The van der Waals surface area contributed by atoms with Crippen LogP contribution < -0.4 is 4.74 Å². The molecule has 104 valence electrons. The summed E-state index contributed by atoms with van der Waals surface area (Å²) in [7, 11) is 1.61. The molecule has 0 saturated heterocycles. The fourth-order valence-electron chi connectivity index (χ4n) is 2.32. The predicted molar refractivity (Wildman–Crippen MR) is 82.9 cm³/mol. The van der Waals surface area contributed by atoms with E-state index < -0.39 is 0 Å². The Morgan fingerprint density at radius 2 is 1.86 bits per heavy atom. The minimum Gasteiger partial charge on any atom is -0.496 e. The van der Waals surface area contributed by atoms with Crippen LogP contribution in [0, 0.1) is 6.92 Å². The summed E-state index contributed by atoms with van der Waals surface area (Å²) in [4.78, 5) is 16.9. The van der Waals surface area contributed by atoms with E-state index in [4.69, 9.17) is 4.74 Å². The number of hydrogen-bond acceptors (Lipinski definition) is 3. The highest BCUT2D eigenvalue weighted by Gasteiger charge is 2.12. The van der Waals surface area contributed by atoms with Gasteiger partial charge in [0.25, 0.3) is 0 Å². The van der Waals surface area contributed by atoms with Crippen molar-refractivity contribution in [3.8, 4) is 5.75 Å². The molecule has 3 heteroatoms. The molecular weight excluding hydrogens is 262 g/mol. The van der Waals surface area contributed by atoms with Crippen molar-refractivity contribution in [2.24, 2.45) is 0 Å². The van der Waals surface area contributed by atoms with E-state index in [1.54, 1.807) is 19.4 Å². The average Bonchev–Trinajstić information content (AvgIpc) is 2.54. The van der Waals surface area contributed by atoms with Gasteiger partial charge in [0, 0.05) is 22.7 Å². The molecule has 0 atom stereocenters. The van der Waals surface area contributed by atoms with Gasteiger partial charge in [-0.05, 0) is 30.7 Å². The number of aromatic nitrogens is 1. The number of ether oxygens (including phenoxy) is 1. The minimum atomic E-state index is -0.0495. The number of rotatable bonds is 3. The maximum absolute atomic E-state index is 12.6. The number of ketones is 1. The Morgan fingerprint density at radius 1 is 1.05 bits per heavy atom. The van der Waals surface area contributed by atoms with Crippen molar-refractivity contribution in [2.75, 3.05) is 7.11 Å². The number of pyridine rings is 1. The molecule has 0 unspecified atom stereocenters. The topological polar surface area (TPSA) is 39.2 Å². The monoisotopic (exact) mass is 277 g/mol. The number of nitrogens with zero attached hydrogens (tertiary/aromatic N) is 1. The Balaban J connectivity index is 2.03. The molecule has 2 aromatic carbocycles. The van der Waals surface area contributed by atoms with Gasteiger partial charge in [0.1, 0.15) is 5.75 Å². The van der Waals surface area contributed by atoms with E-state index in [1.165, 1.54) is 0 Å². The highest BCUT2D eigenvalue weighted by atomic mass is 16.5. The number of methoxy groups -OCH3 is 1. The van der Waals surface area contributed by atoms with Crippen molar-refractivity contribution in [1.29, 1.82) is 0 Å². The zero-order chi connectivity index (χ0) is 14.8. The lowest BCUT2D eigenvalue weighted by atomic mass is 10.0. The number of aryl methyl sites for hydroxylation is 1. The number of para-hydroxylation sites is 1. The third-order valence-corrected chi connectivity index (χ3v) is 3.52. The van der Waals surface area contributed by atoms with Crippen molar-refractivity contribution in [1.82, 2.24) is 4.98 Å². The van der Waals surface area contributed by atoms with Crippen LogP contribution in [-0.4, -0.2) is 17.9 Å².